The summed E-state index contributed by atoms with van der Waals surface area (Å²) in [5.74, 6) is -0.160. The number of hydrogen-bond donors (Lipinski definition) is 1. The molecule has 0 saturated carbocycles. The molecular weight excluding hydrogens is 255 g/mol. The van der Waals surface area contributed by atoms with E-state index in [2.05, 4.69) is 10.2 Å². The van der Waals surface area contributed by atoms with E-state index in [4.69, 9.17) is 4.74 Å². The van der Waals surface area contributed by atoms with E-state index >= 15 is 0 Å². The zero-order chi connectivity index (χ0) is 14.4. The zero-order valence-corrected chi connectivity index (χ0v) is 12.5. The summed E-state index contributed by atoms with van der Waals surface area (Å²) < 4.78 is 18.4. The molecule has 0 bridgehead atoms. The molecule has 3 nitrogen and oxygen atoms in total. The molecule has 0 aromatic heterocycles. The van der Waals surface area contributed by atoms with Crippen molar-refractivity contribution < 1.29 is 9.13 Å². The Kier molecular flexibility index (Phi) is 5.95. The van der Waals surface area contributed by atoms with Crippen LogP contribution in [0.1, 0.15) is 24.0 Å². The SMILES string of the molecule is COCCN(Cc1ccc(F)cc1C)CC1CCCN1. The lowest BCUT2D eigenvalue weighted by molar-refractivity contribution is 0.138. The topological polar surface area (TPSA) is 24.5 Å². The van der Waals surface area contributed by atoms with Crippen molar-refractivity contribution in [2.24, 2.45) is 0 Å². The van der Waals surface area contributed by atoms with Crippen LogP contribution < -0.4 is 5.32 Å². The lowest BCUT2D eigenvalue weighted by Crippen LogP contribution is -2.38. The molecule has 0 amide bonds. The first-order chi connectivity index (χ1) is 9.69. The molecule has 1 atom stereocenters. The van der Waals surface area contributed by atoms with E-state index in [9.17, 15) is 4.39 Å². The van der Waals surface area contributed by atoms with Gasteiger partial charge in [0.2, 0.25) is 0 Å². The number of nitrogens with one attached hydrogen (secondary N) is 1. The van der Waals surface area contributed by atoms with Gasteiger partial charge in [0.1, 0.15) is 5.82 Å². The van der Waals surface area contributed by atoms with Gasteiger partial charge in [0.25, 0.3) is 0 Å². The Morgan fingerprint density at radius 1 is 1.45 bits per heavy atom. The molecular formula is C16H25FN2O. The number of nitrogens with zero attached hydrogens (tertiary/aromatic N) is 1. The predicted octanol–water partition coefficient (Wildman–Crippen LogP) is 2.33. The van der Waals surface area contributed by atoms with Crippen molar-refractivity contribution in [3.63, 3.8) is 0 Å². The van der Waals surface area contributed by atoms with Crippen LogP contribution in [0.15, 0.2) is 18.2 Å². The number of rotatable bonds is 7. The molecule has 1 unspecified atom stereocenters. The Bertz CT molecular complexity index is 419. The van der Waals surface area contributed by atoms with Gasteiger partial charge < -0.3 is 10.1 Å². The van der Waals surface area contributed by atoms with E-state index in [1.54, 1.807) is 19.2 Å². The smallest absolute Gasteiger partial charge is 0.123 e. The molecule has 0 radical (unpaired) electrons. The quantitative estimate of drug-likeness (QED) is 0.829. The molecule has 1 aliphatic rings. The Balaban J connectivity index is 1.97. The summed E-state index contributed by atoms with van der Waals surface area (Å²) in [7, 11) is 1.73. The normalized spacial score (nSPS) is 18.9. The van der Waals surface area contributed by atoms with Gasteiger partial charge in [-0.3, -0.25) is 4.90 Å². The molecule has 2 rings (SSSR count). The van der Waals surface area contributed by atoms with E-state index in [0.29, 0.717) is 6.04 Å². The highest BCUT2D eigenvalue weighted by Gasteiger charge is 2.18. The summed E-state index contributed by atoms with van der Waals surface area (Å²) in [6.45, 7) is 6.62. The summed E-state index contributed by atoms with van der Waals surface area (Å²) >= 11 is 0. The molecule has 1 N–H and O–H groups in total. The van der Waals surface area contributed by atoms with Crippen LogP contribution >= 0.6 is 0 Å². The van der Waals surface area contributed by atoms with E-state index < -0.39 is 0 Å². The monoisotopic (exact) mass is 280 g/mol. The molecule has 4 heteroatoms. The van der Waals surface area contributed by atoms with Gasteiger partial charge in [-0.1, -0.05) is 6.07 Å². The highest BCUT2D eigenvalue weighted by Crippen LogP contribution is 2.14. The van der Waals surface area contributed by atoms with Crippen molar-refractivity contribution in [3.8, 4) is 0 Å². The van der Waals surface area contributed by atoms with Crippen LogP contribution in [0.25, 0.3) is 0 Å². The second-order valence-corrected chi connectivity index (χ2v) is 5.59. The highest BCUT2D eigenvalue weighted by molar-refractivity contribution is 5.26. The van der Waals surface area contributed by atoms with E-state index in [0.717, 1.165) is 38.3 Å². The average molecular weight is 280 g/mol. The molecule has 1 heterocycles. The van der Waals surface area contributed by atoms with Gasteiger partial charge in [0.05, 0.1) is 6.61 Å². The van der Waals surface area contributed by atoms with Gasteiger partial charge in [0.15, 0.2) is 0 Å². The lowest BCUT2D eigenvalue weighted by atomic mass is 10.1. The van der Waals surface area contributed by atoms with Crippen molar-refractivity contribution >= 4 is 0 Å². The van der Waals surface area contributed by atoms with Crippen LogP contribution in [0.2, 0.25) is 0 Å². The summed E-state index contributed by atoms with van der Waals surface area (Å²) in [6, 6.07) is 5.63. The first-order valence-electron chi connectivity index (χ1n) is 7.38. The minimum Gasteiger partial charge on any atom is -0.383 e. The van der Waals surface area contributed by atoms with Gasteiger partial charge in [-0.05, 0) is 49.6 Å². The number of ether oxygens (including phenoxy) is 1. The summed E-state index contributed by atoms with van der Waals surface area (Å²) in [5.41, 5.74) is 2.22. The van der Waals surface area contributed by atoms with Crippen LogP contribution in [-0.4, -0.2) is 44.3 Å². The third-order valence-electron chi connectivity index (χ3n) is 3.95. The van der Waals surface area contributed by atoms with Crippen molar-refractivity contribution in [1.82, 2.24) is 10.2 Å². The molecule has 1 saturated heterocycles. The molecule has 1 aromatic carbocycles. The fourth-order valence-electron chi connectivity index (χ4n) is 2.76. The van der Waals surface area contributed by atoms with Gasteiger partial charge in [-0.25, -0.2) is 4.39 Å². The second-order valence-electron chi connectivity index (χ2n) is 5.59. The van der Waals surface area contributed by atoms with Gasteiger partial charge in [0, 0.05) is 32.8 Å². The number of benzene rings is 1. The van der Waals surface area contributed by atoms with E-state index in [-0.39, 0.29) is 5.82 Å². The van der Waals surface area contributed by atoms with Crippen LogP contribution in [-0.2, 0) is 11.3 Å². The lowest BCUT2D eigenvalue weighted by Gasteiger charge is -2.26. The molecule has 1 fully saturated rings. The highest BCUT2D eigenvalue weighted by atomic mass is 19.1. The minimum absolute atomic E-state index is 0.160. The van der Waals surface area contributed by atoms with Gasteiger partial charge in [-0.15, -0.1) is 0 Å². The maximum Gasteiger partial charge on any atom is 0.123 e. The fraction of sp³-hybridized carbons (Fsp3) is 0.625. The van der Waals surface area contributed by atoms with E-state index in [1.807, 2.05) is 13.0 Å². The van der Waals surface area contributed by atoms with Crippen molar-refractivity contribution in [1.29, 1.82) is 0 Å². The molecule has 0 spiro atoms. The average Bonchev–Trinajstić information content (AvgIpc) is 2.92. The largest absolute Gasteiger partial charge is 0.383 e. The Morgan fingerprint density at radius 3 is 2.95 bits per heavy atom. The first-order valence-corrected chi connectivity index (χ1v) is 7.38. The van der Waals surface area contributed by atoms with Gasteiger partial charge >= 0.3 is 0 Å². The van der Waals surface area contributed by atoms with Crippen LogP contribution in [0.3, 0.4) is 0 Å². The Labute approximate surface area is 121 Å². The molecule has 0 aliphatic carbocycles. The van der Waals surface area contributed by atoms with E-state index in [1.165, 1.54) is 18.4 Å². The summed E-state index contributed by atoms with van der Waals surface area (Å²) in [6.07, 6.45) is 2.50. The summed E-state index contributed by atoms with van der Waals surface area (Å²) in [4.78, 5) is 2.40. The molecule has 1 aliphatic heterocycles. The maximum absolute atomic E-state index is 13.2. The first kappa shape index (κ1) is 15.4. The number of aryl methyl sites for hydroxylation is 1. The van der Waals surface area contributed by atoms with Crippen LogP contribution in [0, 0.1) is 12.7 Å². The van der Waals surface area contributed by atoms with Crippen LogP contribution in [0.4, 0.5) is 4.39 Å². The molecule has 20 heavy (non-hydrogen) atoms. The third kappa shape index (κ3) is 4.54. The Hall–Kier alpha value is -0.970. The second kappa shape index (κ2) is 7.72. The number of hydrogen-bond acceptors (Lipinski definition) is 3. The maximum atomic E-state index is 13.2. The third-order valence-corrected chi connectivity index (χ3v) is 3.95. The molecule has 112 valence electrons. The van der Waals surface area contributed by atoms with Crippen molar-refractivity contribution in [2.45, 2.75) is 32.4 Å². The number of methoxy groups -OCH3 is 1. The van der Waals surface area contributed by atoms with Crippen molar-refractivity contribution in [2.75, 3.05) is 33.4 Å². The fourth-order valence-corrected chi connectivity index (χ4v) is 2.76. The zero-order valence-electron chi connectivity index (χ0n) is 12.5. The minimum atomic E-state index is -0.160. The van der Waals surface area contributed by atoms with Crippen LogP contribution in [0.5, 0.6) is 0 Å². The van der Waals surface area contributed by atoms with Crippen molar-refractivity contribution in [3.05, 3.63) is 35.1 Å². The number of halogens is 1. The Morgan fingerprint density at radius 2 is 2.30 bits per heavy atom. The van der Waals surface area contributed by atoms with Gasteiger partial charge in [-0.2, -0.15) is 0 Å². The predicted molar refractivity (Wildman–Crippen MR) is 79.3 cm³/mol. The summed E-state index contributed by atoms with van der Waals surface area (Å²) in [5, 5.41) is 3.53. The molecule has 1 aromatic rings. The standard InChI is InChI=1S/C16H25FN2O/c1-13-10-15(17)6-5-14(13)11-19(8-9-20-2)12-16-4-3-7-18-16/h5-6,10,16,18H,3-4,7-9,11-12H2,1-2H3.